The number of aliphatic hydroxyl groups is 1. The summed E-state index contributed by atoms with van der Waals surface area (Å²) >= 11 is 0. The monoisotopic (exact) mass is 466 g/mol. The fourth-order valence-corrected chi connectivity index (χ4v) is 6.05. The number of carbonyl (C=O) groups excluding carboxylic acids is 1. The van der Waals surface area contributed by atoms with E-state index in [0.29, 0.717) is 31.8 Å². The second-order valence-corrected chi connectivity index (χ2v) is 11.5. The molecule has 0 bridgehead atoms. The van der Waals surface area contributed by atoms with Gasteiger partial charge in [0.05, 0.1) is 12.1 Å². The zero-order valence-electron chi connectivity index (χ0n) is 21.3. The standard InChI is InChI=1S/C29H42N2O3/c1-22-19-31(27(33)18-25(22)24-12-8-5-9-13-24)21-29(34)16-17-30(20-28(29,2)3)26(32)15-14-23-10-6-4-7-11-23/h8,12-13,18-19,23,34H,4-7,9-11,14-17,20-21H2,1-3H3. The van der Waals surface area contributed by atoms with Crippen LogP contribution in [0.25, 0.3) is 5.57 Å². The summed E-state index contributed by atoms with van der Waals surface area (Å²) in [6, 6.07) is 1.71. The van der Waals surface area contributed by atoms with Gasteiger partial charge in [0.2, 0.25) is 5.91 Å². The van der Waals surface area contributed by atoms with Crippen molar-refractivity contribution in [3.05, 3.63) is 52.0 Å². The first-order valence-electron chi connectivity index (χ1n) is 13.3. The van der Waals surface area contributed by atoms with Crippen LogP contribution >= 0.6 is 0 Å². The van der Waals surface area contributed by atoms with Crippen molar-refractivity contribution in [1.29, 1.82) is 0 Å². The van der Waals surface area contributed by atoms with Crippen LogP contribution in [0.1, 0.15) is 89.2 Å². The Morgan fingerprint density at radius 2 is 1.94 bits per heavy atom. The fourth-order valence-electron chi connectivity index (χ4n) is 6.05. The van der Waals surface area contributed by atoms with Crippen molar-refractivity contribution in [2.24, 2.45) is 11.3 Å². The lowest BCUT2D eigenvalue weighted by Crippen LogP contribution is -2.60. The Morgan fingerprint density at radius 1 is 1.18 bits per heavy atom. The molecule has 1 N–H and O–H groups in total. The molecule has 186 valence electrons. The van der Waals surface area contributed by atoms with E-state index in [9.17, 15) is 14.7 Å². The molecular formula is C29H42N2O3. The first-order chi connectivity index (χ1) is 16.2. The molecule has 0 aromatic carbocycles. The quantitative estimate of drug-likeness (QED) is 0.624. The molecule has 2 aliphatic carbocycles. The van der Waals surface area contributed by atoms with E-state index in [2.05, 4.69) is 18.2 Å². The average Bonchev–Trinajstić information content (AvgIpc) is 2.82. The van der Waals surface area contributed by atoms with Crippen molar-refractivity contribution in [3.8, 4) is 0 Å². The minimum atomic E-state index is -1.05. The first kappa shape index (κ1) is 25.0. The Bertz CT molecular complexity index is 1010. The van der Waals surface area contributed by atoms with Gasteiger partial charge in [0.25, 0.3) is 5.56 Å². The second kappa shape index (κ2) is 10.2. The summed E-state index contributed by atoms with van der Waals surface area (Å²) in [5, 5.41) is 11.7. The molecule has 2 heterocycles. The summed E-state index contributed by atoms with van der Waals surface area (Å²) in [6.07, 6.45) is 18.9. The summed E-state index contributed by atoms with van der Waals surface area (Å²) in [5.74, 6) is 0.914. The topological polar surface area (TPSA) is 62.5 Å². The van der Waals surface area contributed by atoms with Crippen LogP contribution in [-0.2, 0) is 11.3 Å². The average molecular weight is 467 g/mol. The van der Waals surface area contributed by atoms with Gasteiger partial charge in [0.1, 0.15) is 0 Å². The predicted octanol–water partition coefficient (Wildman–Crippen LogP) is 5.24. The van der Waals surface area contributed by atoms with Crippen LogP contribution < -0.4 is 5.56 Å². The van der Waals surface area contributed by atoms with Crippen molar-refractivity contribution in [3.63, 3.8) is 0 Å². The van der Waals surface area contributed by atoms with Gasteiger partial charge in [-0.15, -0.1) is 0 Å². The molecule has 1 aromatic heterocycles. The summed E-state index contributed by atoms with van der Waals surface area (Å²) in [4.78, 5) is 27.9. The van der Waals surface area contributed by atoms with E-state index in [0.717, 1.165) is 36.0 Å². The Hall–Kier alpha value is -2.14. The molecule has 34 heavy (non-hydrogen) atoms. The number of pyridine rings is 1. The van der Waals surface area contributed by atoms with Crippen LogP contribution in [0.15, 0.2) is 35.3 Å². The van der Waals surface area contributed by atoms with E-state index < -0.39 is 11.0 Å². The number of likely N-dealkylation sites (tertiary alicyclic amines) is 1. The number of piperidine rings is 1. The van der Waals surface area contributed by atoms with Gasteiger partial charge < -0.3 is 14.6 Å². The molecule has 5 heteroatoms. The molecule has 1 aliphatic heterocycles. The molecule has 1 atom stereocenters. The van der Waals surface area contributed by atoms with E-state index in [4.69, 9.17) is 0 Å². The van der Waals surface area contributed by atoms with Crippen LogP contribution in [0.5, 0.6) is 0 Å². The maximum absolute atomic E-state index is 13.0. The third-order valence-electron chi connectivity index (χ3n) is 8.55. The lowest BCUT2D eigenvalue weighted by Gasteiger charge is -2.50. The molecule has 1 aromatic rings. The number of carbonyl (C=O) groups is 1. The van der Waals surface area contributed by atoms with Gasteiger partial charge in [-0.25, -0.2) is 0 Å². The largest absolute Gasteiger partial charge is 0.387 e. The van der Waals surface area contributed by atoms with Crippen molar-refractivity contribution in [2.45, 2.75) is 97.1 Å². The lowest BCUT2D eigenvalue weighted by atomic mass is 9.69. The number of rotatable bonds is 6. The van der Waals surface area contributed by atoms with Gasteiger partial charge in [0, 0.05) is 37.2 Å². The maximum atomic E-state index is 13.0. The minimum absolute atomic E-state index is 0.0873. The van der Waals surface area contributed by atoms with Crippen molar-refractivity contribution < 1.29 is 9.90 Å². The maximum Gasteiger partial charge on any atom is 0.251 e. The smallest absolute Gasteiger partial charge is 0.251 e. The Kier molecular flexibility index (Phi) is 7.51. The highest BCUT2D eigenvalue weighted by Gasteiger charge is 2.48. The third kappa shape index (κ3) is 5.40. The van der Waals surface area contributed by atoms with E-state index in [-0.39, 0.29) is 18.0 Å². The minimum Gasteiger partial charge on any atom is -0.387 e. The van der Waals surface area contributed by atoms with Crippen molar-refractivity contribution in [2.75, 3.05) is 13.1 Å². The molecule has 1 unspecified atom stereocenters. The lowest BCUT2D eigenvalue weighted by molar-refractivity contribution is -0.154. The van der Waals surface area contributed by atoms with Crippen molar-refractivity contribution >= 4 is 11.5 Å². The number of hydrogen-bond donors (Lipinski definition) is 1. The van der Waals surface area contributed by atoms with Gasteiger partial charge in [-0.2, -0.15) is 0 Å². The normalized spacial score (nSPS) is 25.3. The predicted molar refractivity (Wildman–Crippen MR) is 138 cm³/mol. The molecule has 1 amide bonds. The van der Waals surface area contributed by atoms with E-state index in [1.165, 1.54) is 32.1 Å². The molecular weight excluding hydrogens is 424 g/mol. The van der Waals surface area contributed by atoms with E-state index in [1.807, 2.05) is 31.9 Å². The van der Waals surface area contributed by atoms with Crippen molar-refractivity contribution in [1.82, 2.24) is 9.47 Å². The summed E-state index contributed by atoms with van der Waals surface area (Å²) < 4.78 is 1.66. The first-order valence-corrected chi connectivity index (χ1v) is 13.3. The fraction of sp³-hybridized carbons (Fsp3) is 0.655. The highest BCUT2D eigenvalue weighted by atomic mass is 16.3. The molecule has 0 radical (unpaired) electrons. The molecule has 2 fully saturated rings. The van der Waals surface area contributed by atoms with Crippen LogP contribution in [0.3, 0.4) is 0 Å². The SMILES string of the molecule is Cc1cn(CC2(O)CCN(C(=O)CCC3CCCCC3)CC2(C)C)c(=O)cc1C1=CCCC=C1. The van der Waals surface area contributed by atoms with Crippen LogP contribution in [0, 0.1) is 18.3 Å². The third-order valence-corrected chi connectivity index (χ3v) is 8.55. The zero-order valence-corrected chi connectivity index (χ0v) is 21.3. The van der Waals surface area contributed by atoms with Gasteiger partial charge in [-0.05, 0) is 55.2 Å². The Labute approximate surface area is 204 Å². The van der Waals surface area contributed by atoms with E-state index >= 15 is 0 Å². The molecule has 3 aliphatic rings. The molecule has 4 rings (SSSR count). The summed E-state index contributed by atoms with van der Waals surface area (Å²) in [6.45, 7) is 7.40. The summed E-state index contributed by atoms with van der Waals surface area (Å²) in [7, 11) is 0. The number of nitrogens with zero attached hydrogens (tertiary/aromatic N) is 2. The van der Waals surface area contributed by atoms with Crippen LogP contribution in [-0.4, -0.2) is 39.2 Å². The highest BCUT2D eigenvalue weighted by Crippen LogP contribution is 2.40. The van der Waals surface area contributed by atoms with Gasteiger partial charge in [0.15, 0.2) is 0 Å². The van der Waals surface area contributed by atoms with Crippen LogP contribution in [0.4, 0.5) is 0 Å². The number of allylic oxidation sites excluding steroid dienone is 4. The molecule has 0 spiro atoms. The number of aromatic nitrogens is 1. The van der Waals surface area contributed by atoms with Gasteiger partial charge in [-0.1, -0.05) is 64.2 Å². The number of aryl methyl sites for hydroxylation is 1. The molecule has 5 nitrogen and oxygen atoms in total. The zero-order chi connectivity index (χ0) is 24.3. The van der Waals surface area contributed by atoms with Gasteiger partial charge in [-0.3, -0.25) is 9.59 Å². The Morgan fingerprint density at radius 3 is 2.62 bits per heavy atom. The highest BCUT2D eigenvalue weighted by molar-refractivity contribution is 5.77. The number of amides is 1. The second-order valence-electron chi connectivity index (χ2n) is 11.5. The van der Waals surface area contributed by atoms with E-state index in [1.54, 1.807) is 10.6 Å². The van der Waals surface area contributed by atoms with Crippen LogP contribution in [0.2, 0.25) is 0 Å². The van der Waals surface area contributed by atoms with Gasteiger partial charge >= 0.3 is 0 Å². The number of hydrogen-bond acceptors (Lipinski definition) is 3. The summed E-state index contributed by atoms with van der Waals surface area (Å²) in [5.41, 5.74) is 1.47. The molecule has 1 saturated heterocycles. The molecule has 1 saturated carbocycles. The Balaban J connectivity index is 1.42.